The molecule has 1 aliphatic heterocycles. The second-order valence-electron chi connectivity index (χ2n) is 4.48. The second kappa shape index (κ2) is 4.74. The normalized spacial score (nSPS) is 21.3. The highest BCUT2D eigenvalue weighted by Gasteiger charge is 2.20. The minimum absolute atomic E-state index is 0.272. The fourth-order valence-electron chi connectivity index (χ4n) is 1.81. The summed E-state index contributed by atoms with van der Waals surface area (Å²) in [5, 5.41) is 0. The number of nitrogen functional groups attached to an aromatic ring is 1. The summed E-state index contributed by atoms with van der Waals surface area (Å²) in [7, 11) is 0. The van der Waals surface area contributed by atoms with Gasteiger partial charge in [-0.3, -0.25) is 0 Å². The number of hydrogen-bond donors (Lipinski definition) is 1. The third kappa shape index (κ3) is 2.47. The van der Waals surface area contributed by atoms with Crippen LogP contribution in [0.2, 0.25) is 0 Å². The van der Waals surface area contributed by atoms with Crippen molar-refractivity contribution < 1.29 is 4.74 Å². The topological polar surface area (TPSA) is 73.9 Å². The molecule has 2 rings (SSSR count). The summed E-state index contributed by atoms with van der Waals surface area (Å²) in [6.07, 6.45) is 2.13. The molecule has 2 N–H and O–H groups in total. The lowest BCUT2D eigenvalue weighted by molar-refractivity contribution is 0.0779. The molecule has 1 atom stereocenters. The van der Waals surface area contributed by atoms with Crippen LogP contribution >= 0.6 is 0 Å². The minimum atomic E-state index is 0.272. The molecule has 16 heavy (non-hydrogen) atoms. The Bertz CT molecular complexity index is 361. The van der Waals surface area contributed by atoms with Crippen LogP contribution in [-0.4, -0.2) is 28.2 Å². The van der Waals surface area contributed by atoms with E-state index in [0.717, 1.165) is 31.1 Å². The largest absolute Gasteiger partial charge is 0.381 e. The average molecular weight is 222 g/mol. The highest BCUT2D eigenvalue weighted by atomic mass is 16.5. The summed E-state index contributed by atoms with van der Waals surface area (Å²) in [5.41, 5.74) is 5.70. The van der Waals surface area contributed by atoms with Gasteiger partial charge in [0.1, 0.15) is 11.6 Å². The van der Waals surface area contributed by atoms with Gasteiger partial charge >= 0.3 is 0 Å². The first kappa shape index (κ1) is 11.3. The predicted molar refractivity (Wildman–Crippen MR) is 61.1 cm³/mol. The molecule has 1 aromatic rings. The molecule has 5 nitrogen and oxygen atoms in total. The lowest BCUT2D eigenvalue weighted by Gasteiger charge is -2.21. The monoisotopic (exact) mass is 222 g/mol. The molecule has 0 spiro atoms. The molecule has 0 saturated carbocycles. The van der Waals surface area contributed by atoms with E-state index in [9.17, 15) is 0 Å². The van der Waals surface area contributed by atoms with Crippen LogP contribution in [-0.2, 0) is 4.74 Å². The summed E-state index contributed by atoms with van der Waals surface area (Å²) >= 11 is 0. The van der Waals surface area contributed by atoms with Crippen molar-refractivity contribution in [2.45, 2.75) is 38.5 Å². The molecular weight excluding hydrogens is 204 g/mol. The van der Waals surface area contributed by atoms with Crippen molar-refractivity contribution in [3.63, 3.8) is 0 Å². The van der Waals surface area contributed by atoms with Gasteiger partial charge in [0.15, 0.2) is 0 Å². The second-order valence-corrected chi connectivity index (χ2v) is 4.48. The zero-order chi connectivity index (χ0) is 11.5. The summed E-state index contributed by atoms with van der Waals surface area (Å²) in [6.45, 7) is 5.64. The van der Waals surface area contributed by atoms with E-state index in [1.54, 1.807) is 0 Å². The fraction of sp³-hybridized carbons (Fsp3) is 0.727. The molecule has 0 amide bonds. The number of hydrogen-bond acceptors (Lipinski definition) is 5. The van der Waals surface area contributed by atoms with E-state index in [4.69, 9.17) is 10.5 Å². The van der Waals surface area contributed by atoms with E-state index in [2.05, 4.69) is 28.8 Å². The molecular formula is C11H18N4O. The van der Waals surface area contributed by atoms with Crippen LogP contribution in [0.25, 0.3) is 0 Å². The quantitative estimate of drug-likeness (QED) is 0.820. The van der Waals surface area contributed by atoms with E-state index in [0.29, 0.717) is 12.6 Å². The average Bonchev–Trinajstić information content (AvgIpc) is 2.29. The molecule has 1 aromatic heterocycles. The molecule has 1 aliphatic rings. The highest BCUT2D eigenvalue weighted by Crippen LogP contribution is 2.23. The Morgan fingerprint density at radius 1 is 1.31 bits per heavy atom. The van der Waals surface area contributed by atoms with E-state index in [1.165, 1.54) is 0 Å². The van der Waals surface area contributed by atoms with Gasteiger partial charge in [0, 0.05) is 18.4 Å². The summed E-state index contributed by atoms with van der Waals surface area (Å²) in [4.78, 5) is 12.8. The van der Waals surface area contributed by atoms with Gasteiger partial charge in [0.25, 0.3) is 0 Å². The molecule has 0 bridgehead atoms. The van der Waals surface area contributed by atoms with Gasteiger partial charge in [-0.15, -0.1) is 0 Å². The van der Waals surface area contributed by atoms with Crippen LogP contribution < -0.4 is 5.73 Å². The van der Waals surface area contributed by atoms with E-state index in [-0.39, 0.29) is 11.8 Å². The first-order valence-electron chi connectivity index (χ1n) is 5.76. The fourth-order valence-corrected chi connectivity index (χ4v) is 1.81. The maximum Gasteiger partial charge on any atom is 0.223 e. The van der Waals surface area contributed by atoms with Gasteiger partial charge in [0.05, 0.1) is 6.61 Å². The zero-order valence-electron chi connectivity index (χ0n) is 9.81. The molecule has 88 valence electrons. The zero-order valence-corrected chi connectivity index (χ0v) is 9.81. The van der Waals surface area contributed by atoms with Gasteiger partial charge in [-0.05, 0) is 12.8 Å². The molecule has 1 unspecified atom stereocenters. The molecule has 1 saturated heterocycles. The molecule has 1 fully saturated rings. The van der Waals surface area contributed by atoms with Crippen LogP contribution in [0.3, 0.4) is 0 Å². The number of nitrogens with zero attached hydrogens (tertiary/aromatic N) is 3. The van der Waals surface area contributed by atoms with Crippen LogP contribution in [0, 0.1) is 0 Å². The van der Waals surface area contributed by atoms with Crippen molar-refractivity contribution in [1.29, 1.82) is 0 Å². The van der Waals surface area contributed by atoms with Crippen molar-refractivity contribution in [2.24, 2.45) is 0 Å². The number of aromatic nitrogens is 3. The Labute approximate surface area is 95.5 Å². The van der Waals surface area contributed by atoms with Crippen molar-refractivity contribution in [3.8, 4) is 0 Å². The van der Waals surface area contributed by atoms with E-state index >= 15 is 0 Å². The van der Waals surface area contributed by atoms with Crippen LogP contribution in [0.15, 0.2) is 0 Å². The molecule has 0 radical (unpaired) electrons. The van der Waals surface area contributed by atoms with Crippen molar-refractivity contribution in [3.05, 3.63) is 11.6 Å². The van der Waals surface area contributed by atoms with Crippen LogP contribution in [0.4, 0.5) is 5.95 Å². The van der Waals surface area contributed by atoms with Crippen LogP contribution in [0.5, 0.6) is 0 Å². The molecule has 5 heteroatoms. The minimum Gasteiger partial charge on any atom is -0.381 e. The van der Waals surface area contributed by atoms with Gasteiger partial charge in [-0.1, -0.05) is 13.8 Å². The number of anilines is 1. The Morgan fingerprint density at radius 2 is 2.12 bits per heavy atom. The van der Waals surface area contributed by atoms with Gasteiger partial charge in [0.2, 0.25) is 5.95 Å². The third-order valence-corrected chi connectivity index (χ3v) is 2.73. The number of nitrogens with two attached hydrogens (primary N) is 1. The van der Waals surface area contributed by atoms with Crippen molar-refractivity contribution in [1.82, 2.24) is 15.0 Å². The first-order valence-corrected chi connectivity index (χ1v) is 5.76. The van der Waals surface area contributed by atoms with Crippen LogP contribution in [0.1, 0.15) is 50.2 Å². The van der Waals surface area contributed by atoms with Crippen molar-refractivity contribution in [2.75, 3.05) is 18.9 Å². The van der Waals surface area contributed by atoms with Gasteiger partial charge in [-0.2, -0.15) is 9.97 Å². The molecule has 2 heterocycles. The maximum absolute atomic E-state index is 5.70. The van der Waals surface area contributed by atoms with Crippen molar-refractivity contribution >= 4 is 5.95 Å². The number of ether oxygens (including phenoxy) is 1. The SMILES string of the molecule is CC(C)c1nc(N)nc(C2CCCOC2)n1. The van der Waals surface area contributed by atoms with Gasteiger partial charge in [-0.25, -0.2) is 4.98 Å². The summed E-state index contributed by atoms with van der Waals surface area (Å²) in [6, 6.07) is 0. The summed E-state index contributed by atoms with van der Waals surface area (Å²) < 4.78 is 5.44. The Balaban J connectivity index is 2.25. The molecule has 0 aromatic carbocycles. The van der Waals surface area contributed by atoms with E-state index in [1.807, 2.05) is 0 Å². The molecule has 0 aliphatic carbocycles. The smallest absolute Gasteiger partial charge is 0.223 e. The third-order valence-electron chi connectivity index (χ3n) is 2.73. The Morgan fingerprint density at radius 3 is 2.75 bits per heavy atom. The number of rotatable bonds is 2. The Hall–Kier alpha value is -1.23. The maximum atomic E-state index is 5.70. The Kier molecular flexibility index (Phi) is 3.33. The first-order chi connectivity index (χ1) is 7.66. The highest BCUT2D eigenvalue weighted by molar-refractivity contribution is 5.18. The van der Waals surface area contributed by atoms with E-state index < -0.39 is 0 Å². The lowest BCUT2D eigenvalue weighted by Crippen LogP contribution is -2.20. The predicted octanol–water partition coefficient (Wildman–Crippen LogP) is 1.47. The standard InChI is InChI=1S/C11H18N4O/c1-7(2)9-13-10(15-11(12)14-9)8-4-3-5-16-6-8/h7-8H,3-6H2,1-2H3,(H2,12,13,14,15). The van der Waals surface area contributed by atoms with Gasteiger partial charge < -0.3 is 10.5 Å². The summed E-state index contributed by atoms with van der Waals surface area (Å²) in [5.74, 6) is 2.42. The lowest BCUT2D eigenvalue weighted by atomic mass is 10.0.